The fourth-order valence-electron chi connectivity index (χ4n) is 2.89. The highest BCUT2D eigenvalue weighted by Crippen LogP contribution is 2.36. The zero-order valence-electron chi connectivity index (χ0n) is 10.9. The van der Waals surface area contributed by atoms with Crippen LogP contribution < -0.4 is 0 Å². The van der Waals surface area contributed by atoms with E-state index in [1.54, 1.807) is 24.3 Å². The lowest BCUT2D eigenvalue weighted by Gasteiger charge is -2.14. The molecule has 0 N–H and O–H groups in total. The molecule has 2 aromatic carbocycles. The van der Waals surface area contributed by atoms with Crippen LogP contribution in [-0.2, 0) is 0 Å². The fourth-order valence-corrected chi connectivity index (χ4v) is 2.89. The fraction of sp³-hybridized carbons (Fsp3) is 0.176. The lowest BCUT2D eigenvalue weighted by Crippen LogP contribution is -2.15. The lowest BCUT2D eigenvalue weighted by atomic mass is 9.87. The number of ketones is 2. The molecule has 0 saturated carbocycles. The van der Waals surface area contributed by atoms with Crippen molar-refractivity contribution in [1.29, 1.82) is 0 Å². The Labute approximate surface area is 112 Å². The topological polar surface area (TPSA) is 34.1 Å². The minimum atomic E-state index is -0.654. The summed E-state index contributed by atoms with van der Waals surface area (Å²) in [6.45, 7) is 3.90. The van der Waals surface area contributed by atoms with E-state index < -0.39 is 5.92 Å². The smallest absolute Gasteiger partial charge is 0.178 e. The average Bonchev–Trinajstić information content (AvgIpc) is 2.64. The van der Waals surface area contributed by atoms with Gasteiger partial charge >= 0.3 is 0 Å². The maximum Gasteiger partial charge on any atom is 0.178 e. The third-order valence-electron chi connectivity index (χ3n) is 3.81. The number of aryl methyl sites for hydroxylation is 2. The standard InChI is InChI=1S/C17H14O2/c1-10-6-5-7-11(2)14(10)15-16(18)12-8-3-4-9-13(12)17(15)19/h3-9,15H,1-2H3. The highest BCUT2D eigenvalue weighted by molar-refractivity contribution is 6.29. The van der Waals surface area contributed by atoms with E-state index in [2.05, 4.69) is 0 Å². The van der Waals surface area contributed by atoms with Crippen LogP contribution in [0.15, 0.2) is 42.5 Å². The Morgan fingerprint density at radius 1 is 0.737 bits per heavy atom. The second kappa shape index (κ2) is 4.16. The van der Waals surface area contributed by atoms with Crippen LogP contribution in [0.4, 0.5) is 0 Å². The molecule has 0 unspecified atom stereocenters. The van der Waals surface area contributed by atoms with Gasteiger partial charge in [0.05, 0.1) is 0 Å². The molecule has 0 fully saturated rings. The van der Waals surface area contributed by atoms with E-state index in [1.807, 2.05) is 32.0 Å². The molecule has 2 aromatic rings. The summed E-state index contributed by atoms with van der Waals surface area (Å²) in [4.78, 5) is 25.0. The third kappa shape index (κ3) is 1.64. The number of hydrogen-bond donors (Lipinski definition) is 0. The second-order valence-electron chi connectivity index (χ2n) is 5.01. The summed E-state index contributed by atoms with van der Waals surface area (Å²) in [6.07, 6.45) is 0. The SMILES string of the molecule is Cc1cccc(C)c1C1C(=O)c2ccccc2C1=O. The van der Waals surface area contributed by atoms with E-state index in [0.717, 1.165) is 16.7 Å². The average molecular weight is 250 g/mol. The van der Waals surface area contributed by atoms with Crippen molar-refractivity contribution in [2.45, 2.75) is 19.8 Å². The van der Waals surface area contributed by atoms with E-state index in [1.165, 1.54) is 0 Å². The molecule has 94 valence electrons. The van der Waals surface area contributed by atoms with Gasteiger partial charge in [-0.1, -0.05) is 42.5 Å². The number of rotatable bonds is 1. The predicted molar refractivity (Wildman–Crippen MR) is 73.8 cm³/mol. The molecular weight excluding hydrogens is 236 g/mol. The second-order valence-corrected chi connectivity index (χ2v) is 5.01. The maximum absolute atomic E-state index is 12.5. The highest BCUT2D eigenvalue weighted by atomic mass is 16.2. The van der Waals surface area contributed by atoms with Crippen molar-refractivity contribution in [1.82, 2.24) is 0 Å². The van der Waals surface area contributed by atoms with Crippen LogP contribution in [0.1, 0.15) is 43.3 Å². The molecule has 0 bridgehead atoms. The van der Waals surface area contributed by atoms with E-state index in [0.29, 0.717) is 11.1 Å². The van der Waals surface area contributed by atoms with Crippen molar-refractivity contribution in [3.05, 3.63) is 70.3 Å². The van der Waals surface area contributed by atoms with Crippen LogP contribution in [-0.4, -0.2) is 11.6 Å². The largest absolute Gasteiger partial charge is 0.293 e. The Kier molecular flexibility index (Phi) is 2.59. The number of carbonyl (C=O) groups excluding carboxylic acids is 2. The molecule has 2 heteroatoms. The van der Waals surface area contributed by atoms with E-state index >= 15 is 0 Å². The van der Waals surface area contributed by atoms with Gasteiger partial charge in [0.25, 0.3) is 0 Å². The molecule has 1 aliphatic rings. The lowest BCUT2D eigenvalue weighted by molar-refractivity contribution is 0.0889. The van der Waals surface area contributed by atoms with Gasteiger partial charge in [-0.05, 0) is 30.5 Å². The maximum atomic E-state index is 12.5. The first-order chi connectivity index (χ1) is 9.11. The van der Waals surface area contributed by atoms with Gasteiger partial charge in [-0.2, -0.15) is 0 Å². The molecule has 0 amide bonds. The number of carbonyl (C=O) groups is 2. The Bertz CT molecular complexity index is 643. The molecule has 0 atom stereocenters. The van der Waals surface area contributed by atoms with Gasteiger partial charge in [-0.3, -0.25) is 9.59 Å². The Balaban J connectivity index is 2.20. The molecule has 0 aliphatic heterocycles. The van der Waals surface area contributed by atoms with Crippen molar-refractivity contribution < 1.29 is 9.59 Å². The minimum Gasteiger partial charge on any atom is -0.293 e. The molecule has 0 aromatic heterocycles. The molecule has 0 spiro atoms. The Hall–Kier alpha value is -2.22. The first kappa shape index (κ1) is 11.8. The monoisotopic (exact) mass is 250 g/mol. The van der Waals surface area contributed by atoms with Crippen molar-refractivity contribution >= 4 is 11.6 Å². The van der Waals surface area contributed by atoms with Crippen LogP contribution in [0.25, 0.3) is 0 Å². The quantitative estimate of drug-likeness (QED) is 0.726. The highest BCUT2D eigenvalue weighted by Gasteiger charge is 2.40. The molecular formula is C17H14O2. The van der Waals surface area contributed by atoms with Crippen molar-refractivity contribution in [2.75, 3.05) is 0 Å². The zero-order valence-corrected chi connectivity index (χ0v) is 10.9. The molecule has 19 heavy (non-hydrogen) atoms. The minimum absolute atomic E-state index is 0.0713. The molecule has 0 heterocycles. The molecule has 3 rings (SSSR count). The predicted octanol–water partition coefficient (Wildman–Crippen LogP) is 3.47. The van der Waals surface area contributed by atoms with E-state index in [-0.39, 0.29) is 11.6 Å². The van der Waals surface area contributed by atoms with Gasteiger partial charge in [0.15, 0.2) is 11.6 Å². The van der Waals surface area contributed by atoms with Crippen LogP contribution in [0.3, 0.4) is 0 Å². The zero-order chi connectivity index (χ0) is 13.6. The van der Waals surface area contributed by atoms with Crippen LogP contribution in [0.5, 0.6) is 0 Å². The number of hydrogen-bond acceptors (Lipinski definition) is 2. The van der Waals surface area contributed by atoms with Gasteiger partial charge in [0.2, 0.25) is 0 Å². The summed E-state index contributed by atoms with van der Waals surface area (Å²) in [5.41, 5.74) is 3.98. The molecule has 1 aliphatic carbocycles. The van der Waals surface area contributed by atoms with Crippen LogP contribution in [0.2, 0.25) is 0 Å². The normalized spacial score (nSPS) is 14.8. The van der Waals surface area contributed by atoms with E-state index in [4.69, 9.17) is 0 Å². The summed E-state index contributed by atoms with van der Waals surface area (Å²) < 4.78 is 0. The molecule has 2 nitrogen and oxygen atoms in total. The van der Waals surface area contributed by atoms with E-state index in [9.17, 15) is 9.59 Å². The first-order valence-electron chi connectivity index (χ1n) is 6.35. The van der Waals surface area contributed by atoms with Crippen molar-refractivity contribution in [3.63, 3.8) is 0 Å². The Morgan fingerprint density at radius 2 is 1.21 bits per heavy atom. The van der Waals surface area contributed by atoms with Gasteiger partial charge < -0.3 is 0 Å². The van der Waals surface area contributed by atoms with Crippen LogP contribution in [0, 0.1) is 13.8 Å². The third-order valence-corrected chi connectivity index (χ3v) is 3.81. The van der Waals surface area contributed by atoms with Crippen molar-refractivity contribution in [2.24, 2.45) is 0 Å². The summed E-state index contributed by atoms with van der Waals surface area (Å²) in [6, 6.07) is 12.9. The number of benzene rings is 2. The summed E-state index contributed by atoms with van der Waals surface area (Å²) in [5.74, 6) is -0.797. The first-order valence-corrected chi connectivity index (χ1v) is 6.35. The molecule has 0 radical (unpaired) electrons. The Morgan fingerprint density at radius 3 is 1.68 bits per heavy atom. The van der Waals surface area contributed by atoms with Crippen molar-refractivity contribution in [3.8, 4) is 0 Å². The van der Waals surface area contributed by atoms with Gasteiger partial charge in [-0.25, -0.2) is 0 Å². The van der Waals surface area contributed by atoms with Gasteiger partial charge in [0.1, 0.15) is 5.92 Å². The summed E-state index contributed by atoms with van der Waals surface area (Å²) in [7, 11) is 0. The number of Topliss-reactive ketones (excluding diaryl/α,β-unsaturated/α-hetero) is 2. The van der Waals surface area contributed by atoms with Gasteiger partial charge in [0, 0.05) is 11.1 Å². The molecule has 0 saturated heterocycles. The summed E-state index contributed by atoms with van der Waals surface area (Å²) in [5, 5.41) is 0. The number of fused-ring (bicyclic) bond motifs is 1. The van der Waals surface area contributed by atoms with Gasteiger partial charge in [-0.15, -0.1) is 0 Å². The summed E-state index contributed by atoms with van der Waals surface area (Å²) >= 11 is 0. The van der Waals surface area contributed by atoms with Crippen LogP contribution >= 0.6 is 0 Å².